The van der Waals surface area contributed by atoms with Gasteiger partial charge in [0, 0.05) is 33.7 Å². The van der Waals surface area contributed by atoms with Crippen LogP contribution in [0.4, 0.5) is 0 Å². The summed E-state index contributed by atoms with van der Waals surface area (Å²) in [5, 5.41) is 4.73. The number of aryl methyl sites for hydroxylation is 1. The van der Waals surface area contributed by atoms with Crippen molar-refractivity contribution in [2.45, 2.75) is 63.7 Å². The average molecular weight is 900 g/mol. The topological polar surface area (TPSA) is 25.8 Å². The fourth-order valence-corrected chi connectivity index (χ4v) is 11.3. The van der Waals surface area contributed by atoms with Gasteiger partial charge in [-0.2, -0.15) is 11.3 Å². The molecule has 0 saturated carbocycles. The van der Waals surface area contributed by atoms with Crippen LogP contribution in [0.25, 0.3) is 53.5 Å². The molecule has 7 rings (SSSR count). The van der Waals surface area contributed by atoms with Crippen LogP contribution in [0.2, 0.25) is 17.3 Å². The van der Waals surface area contributed by atoms with E-state index >= 15 is 0 Å². The maximum absolute atomic E-state index is 8.70. The average Bonchev–Trinajstić information content (AvgIpc) is 3.47. The third-order valence-electron chi connectivity index (χ3n) is 8.79. The van der Waals surface area contributed by atoms with Crippen molar-refractivity contribution < 1.29 is 22.8 Å². The summed E-state index contributed by atoms with van der Waals surface area (Å²) in [6.45, 7) is 9.92. The number of fused-ring (bicyclic) bond motifs is 5. The maximum atomic E-state index is 8.70. The van der Waals surface area contributed by atoms with Crippen LogP contribution in [0.5, 0.6) is 0 Å². The molecule has 5 heteroatoms. The van der Waals surface area contributed by atoms with Crippen molar-refractivity contribution in [2.24, 2.45) is 0 Å². The molecule has 7 aromatic rings. The van der Waals surface area contributed by atoms with Gasteiger partial charge in [0.1, 0.15) is 0 Å². The van der Waals surface area contributed by atoms with Gasteiger partial charge in [0.25, 0.3) is 0 Å². The third kappa shape index (κ3) is 7.84. The van der Waals surface area contributed by atoms with Gasteiger partial charge in [-0.15, -0.1) is 23.8 Å². The molecule has 3 aromatic heterocycles. The van der Waals surface area contributed by atoms with Crippen LogP contribution in [0.15, 0.2) is 109 Å². The fraction of sp³-hybridized carbons (Fsp3) is 0.227. The summed E-state index contributed by atoms with van der Waals surface area (Å²) in [4.78, 5) is 9.25. The zero-order valence-electron chi connectivity index (χ0n) is 31.5. The molecular weight excluding hydrogens is 853 g/mol. The fourth-order valence-electron chi connectivity index (χ4n) is 6.38. The van der Waals surface area contributed by atoms with Crippen molar-refractivity contribution in [3.63, 3.8) is 0 Å². The van der Waals surface area contributed by atoms with Crippen LogP contribution >= 0.6 is 11.3 Å². The first-order chi connectivity index (χ1) is 23.7. The molecule has 0 aliphatic rings. The van der Waals surface area contributed by atoms with E-state index in [1.165, 1.54) is 30.8 Å². The molecule has 1 unspecified atom stereocenters. The van der Waals surface area contributed by atoms with Gasteiger partial charge < -0.3 is 4.98 Å². The molecule has 251 valence electrons. The predicted octanol–water partition coefficient (Wildman–Crippen LogP) is 12.3. The summed E-state index contributed by atoms with van der Waals surface area (Å²) in [5.74, 6) is 5.73. The summed E-state index contributed by atoms with van der Waals surface area (Å²) >= 11 is -0.0104. The van der Waals surface area contributed by atoms with E-state index in [9.17, 15) is 0 Å². The van der Waals surface area contributed by atoms with Crippen molar-refractivity contribution in [3.05, 3.63) is 138 Å². The van der Waals surface area contributed by atoms with Crippen LogP contribution in [0, 0.1) is 19.1 Å². The van der Waals surface area contributed by atoms with Crippen LogP contribution in [0.3, 0.4) is 0 Å². The minimum atomic E-state index is -1.77. The van der Waals surface area contributed by atoms with Crippen molar-refractivity contribution in [1.82, 2.24) is 9.97 Å². The Hall–Kier alpha value is -3.41. The van der Waals surface area contributed by atoms with Crippen molar-refractivity contribution in [2.75, 3.05) is 0 Å². The summed E-state index contributed by atoms with van der Waals surface area (Å²) in [6.07, 6.45) is 7.68. The van der Waals surface area contributed by atoms with Crippen LogP contribution in [0.1, 0.15) is 58.9 Å². The van der Waals surface area contributed by atoms with Crippen molar-refractivity contribution in [3.8, 4) is 22.5 Å². The number of pyridine rings is 2. The minimum Gasteiger partial charge on any atom is -0.305 e. The quantitative estimate of drug-likeness (QED) is 0.0944. The largest absolute Gasteiger partial charge is 0.305 e. The first-order valence-electron chi connectivity index (χ1n) is 17.5. The maximum Gasteiger partial charge on any atom is 0.0393 e. The molecule has 2 nitrogen and oxygen atoms in total. The molecule has 0 saturated heterocycles. The van der Waals surface area contributed by atoms with Gasteiger partial charge in [-0.3, -0.25) is 0 Å². The number of thiophene rings is 1. The second-order valence-electron chi connectivity index (χ2n) is 13.6. The molecule has 0 spiro atoms. The SMILES string of the molecule is Cc1cc(-c2[c-]cccc2)nc[c]1[Ge]([CH3])([CH3])[CH3].[2H]C(C)(C)c1cccc2c1ccc1c3cc[c-]c(-c4cc(C([2H])(C)/C=C/C)ccn4)c3sc21.[Ir]. The van der Waals surface area contributed by atoms with Gasteiger partial charge in [0.15, 0.2) is 0 Å². The molecule has 3 heterocycles. The molecule has 0 bridgehead atoms. The molecule has 4 aromatic carbocycles. The van der Waals surface area contributed by atoms with Crippen LogP contribution in [-0.2, 0) is 20.1 Å². The Labute approximate surface area is 315 Å². The Balaban J connectivity index is 0.000000237. The predicted molar refractivity (Wildman–Crippen MR) is 212 cm³/mol. The third-order valence-corrected chi connectivity index (χ3v) is 14.5. The molecule has 0 fully saturated rings. The summed E-state index contributed by atoms with van der Waals surface area (Å²) in [6, 6.07) is 35.5. The van der Waals surface area contributed by atoms with E-state index in [2.05, 4.69) is 101 Å². The Morgan fingerprint density at radius 3 is 2.24 bits per heavy atom. The van der Waals surface area contributed by atoms with E-state index in [-0.39, 0.29) is 20.1 Å². The van der Waals surface area contributed by atoms with Gasteiger partial charge in [0.05, 0.1) is 0 Å². The molecule has 1 atom stereocenters. The van der Waals surface area contributed by atoms with Gasteiger partial charge in [0.2, 0.25) is 0 Å². The first-order valence-corrected chi connectivity index (χ1v) is 24.7. The Morgan fingerprint density at radius 2 is 1.55 bits per heavy atom. The molecule has 1 radical (unpaired) electrons. The number of allylic oxidation sites excluding steroid dienone is 2. The minimum absolute atomic E-state index is 0. The van der Waals surface area contributed by atoms with E-state index in [4.69, 9.17) is 2.74 Å². The number of nitrogens with zero attached hydrogens (tertiary/aromatic N) is 2. The first kappa shape index (κ1) is 34.1. The zero-order chi connectivity index (χ0) is 35.8. The van der Waals surface area contributed by atoms with Gasteiger partial charge in [-0.25, -0.2) is 0 Å². The van der Waals surface area contributed by atoms with Crippen molar-refractivity contribution >= 4 is 59.9 Å². The van der Waals surface area contributed by atoms with E-state index in [0.29, 0.717) is 0 Å². The summed E-state index contributed by atoms with van der Waals surface area (Å²) in [7, 11) is 0. The van der Waals surface area contributed by atoms with E-state index in [1.54, 1.807) is 17.5 Å². The van der Waals surface area contributed by atoms with Gasteiger partial charge in [-0.1, -0.05) is 74.7 Å². The molecular formula is C44H44GeIrN2S-2. The summed E-state index contributed by atoms with van der Waals surface area (Å²) in [5.41, 5.74) is 7.23. The van der Waals surface area contributed by atoms with Crippen molar-refractivity contribution in [1.29, 1.82) is 0 Å². The second-order valence-corrected chi connectivity index (χ2v) is 25.2. The number of hydrogen-bond donors (Lipinski definition) is 0. The molecule has 49 heavy (non-hydrogen) atoms. The smallest absolute Gasteiger partial charge is 0.0393 e. The van der Waals surface area contributed by atoms with Crippen LogP contribution in [-0.4, -0.2) is 23.2 Å². The Bertz CT molecular complexity index is 2350. The Kier molecular flexibility index (Phi) is 10.9. The van der Waals surface area contributed by atoms with Gasteiger partial charge >= 0.3 is 106 Å². The van der Waals surface area contributed by atoms with E-state index in [1.807, 2.05) is 76.2 Å². The number of hydrogen-bond acceptors (Lipinski definition) is 3. The van der Waals surface area contributed by atoms with Crippen LogP contribution < -0.4 is 4.40 Å². The van der Waals surface area contributed by atoms with Gasteiger partial charge in [-0.05, 0) is 62.5 Å². The summed E-state index contributed by atoms with van der Waals surface area (Å²) < 4.78 is 21.2. The second kappa shape index (κ2) is 15.6. The normalized spacial score (nSPS) is 13.8. The number of benzene rings is 4. The van der Waals surface area contributed by atoms with E-state index in [0.717, 1.165) is 43.7 Å². The molecule has 0 amide bonds. The number of aromatic nitrogens is 2. The zero-order valence-corrected chi connectivity index (χ0v) is 34.8. The monoisotopic (exact) mass is 901 g/mol. The standard InChI is InChI=1S/C29H26NS.C15H18GeN.Ir/c1-5-8-19(4)20-15-16-30-27(17-20)26-12-7-11-24-25-14-13-22-21(18(2)3)9-6-10-23(22)28(25)31-29(24)26;1-12-10-15(13-8-6-5-7-9-13)17-11-14(12)16(2,3)4;/h5-11,13-19H,1-4H3;5-8,10-11H,1-4H3;/q2*-1;/b8-5+;;/i18D,19D;;. The number of rotatable bonds is 6. The molecule has 0 N–H and O–H groups in total. The Morgan fingerprint density at radius 1 is 0.796 bits per heavy atom. The van der Waals surface area contributed by atoms with E-state index < -0.39 is 25.1 Å². The molecule has 0 aliphatic heterocycles. The molecule has 0 aliphatic carbocycles.